The monoisotopic (exact) mass is 428 g/mol. The van der Waals surface area contributed by atoms with Gasteiger partial charge in [-0.05, 0) is 75.1 Å². The van der Waals surface area contributed by atoms with E-state index in [4.69, 9.17) is 4.74 Å². The molecule has 2 aromatic rings. The molecule has 0 saturated heterocycles. The number of Topliss-reactive ketones (excluding diaryl/α,β-unsaturated/α-hetero) is 1. The topological polar surface area (TPSA) is 63.6 Å². The largest absolute Gasteiger partial charge is 0.478 e. The Labute approximate surface area is 184 Å². The van der Waals surface area contributed by atoms with Crippen molar-refractivity contribution in [3.63, 3.8) is 0 Å². The van der Waals surface area contributed by atoms with Crippen LogP contribution >= 0.6 is 11.8 Å². The molecule has 0 spiro atoms. The SMILES string of the molecule is CSc1ccc(C(=O)[C@H](C)C(C)Cc2cc(C)c(OC(C)(C)C(=O)O)c(C)c2)cc1. The second kappa shape index (κ2) is 9.69. The van der Waals surface area contributed by atoms with Crippen molar-refractivity contribution in [3.05, 3.63) is 58.7 Å². The molecule has 0 radical (unpaired) electrons. The highest BCUT2D eigenvalue weighted by Gasteiger charge is 2.30. The summed E-state index contributed by atoms with van der Waals surface area (Å²) >= 11 is 1.66. The highest BCUT2D eigenvalue weighted by Crippen LogP contribution is 2.31. The number of benzene rings is 2. The van der Waals surface area contributed by atoms with Gasteiger partial charge >= 0.3 is 5.97 Å². The number of hydrogen-bond acceptors (Lipinski definition) is 4. The standard InChI is InChI=1S/C25H32O4S/c1-15(18(4)22(26)20-8-10-21(30-7)11-9-20)12-19-13-16(2)23(17(3)14-19)29-25(5,6)24(27)28/h8-11,13-15,18H,12H2,1-7H3,(H,27,28)/t15?,18-/m1/s1. The van der Waals surface area contributed by atoms with Gasteiger partial charge in [0, 0.05) is 16.4 Å². The van der Waals surface area contributed by atoms with E-state index in [-0.39, 0.29) is 17.6 Å². The Hall–Kier alpha value is -2.27. The first-order valence-electron chi connectivity index (χ1n) is 10.2. The summed E-state index contributed by atoms with van der Waals surface area (Å²) < 4.78 is 5.79. The predicted octanol–water partition coefficient (Wildman–Crippen LogP) is 5.96. The van der Waals surface area contributed by atoms with E-state index in [9.17, 15) is 14.7 Å². The predicted molar refractivity (Wildman–Crippen MR) is 123 cm³/mol. The molecule has 0 amide bonds. The molecular weight excluding hydrogens is 396 g/mol. The number of aliphatic carboxylic acids is 1. The third-order valence-corrected chi connectivity index (χ3v) is 6.34. The van der Waals surface area contributed by atoms with Crippen LogP contribution in [0.25, 0.3) is 0 Å². The molecule has 1 N–H and O–H groups in total. The number of thioether (sulfide) groups is 1. The van der Waals surface area contributed by atoms with Gasteiger partial charge in [0.2, 0.25) is 0 Å². The van der Waals surface area contributed by atoms with Crippen LogP contribution < -0.4 is 4.74 Å². The van der Waals surface area contributed by atoms with Crippen molar-refractivity contribution in [1.29, 1.82) is 0 Å². The lowest BCUT2D eigenvalue weighted by Gasteiger charge is -2.25. The molecule has 2 atom stereocenters. The minimum Gasteiger partial charge on any atom is -0.478 e. The zero-order valence-electron chi connectivity index (χ0n) is 18.9. The molecule has 0 aliphatic carbocycles. The second-order valence-electron chi connectivity index (χ2n) is 8.54. The van der Waals surface area contributed by atoms with Crippen molar-refractivity contribution in [2.75, 3.05) is 6.26 Å². The number of carboxylic acids is 1. The molecule has 0 bridgehead atoms. The first-order valence-corrected chi connectivity index (χ1v) is 11.4. The molecule has 4 nitrogen and oxygen atoms in total. The third-order valence-electron chi connectivity index (χ3n) is 5.59. The average molecular weight is 429 g/mol. The Morgan fingerprint density at radius 3 is 2.07 bits per heavy atom. The molecule has 2 aromatic carbocycles. The van der Waals surface area contributed by atoms with Crippen molar-refractivity contribution in [1.82, 2.24) is 0 Å². The van der Waals surface area contributed by atoms with E-state index >= 15 is 0 Å². The highest BCUT2D eigenvalue weighted by molar-refractivity contribution is 7.98. The quantitative estimate of drug-likeness (QED) is 0.394. The van der Waals surface area contributed by atoms with Crippen LogP contribution in [0.2, 0.25) is 0 Å². The molecule has 2 rings (SSSR count). The van der Waals surface area contributed by atoms with E-state index in [0.29, 0.717) is 5.75 Å². The molecule has 1 unspecified atom stereocenters. The number of carboxylic acid groups (broad SMARTS) is 1. The number of ketones is 1. The normalized spacial score (nSPS) is 13.6. The summed E-state index contributed by atoms with van der Waals surface area (Å²) in [5.41, 5.74) is 2.38. The molecule has 30 heavy (non-hydrogen) atoms. The molecular formula is C25H32O4S. The summed E-state index contributed by atoms with van der Waals surface area (Å²) in [5.74, 6) is -0.174. The van der Waals surface area contributed by atoms with Gasteiger partial charge in [0.15, 0.2) is 11.4 Å². The Balaban J connectivity index is 2.14. The van der Waals surface area contributed by atoms with Crippen LogP contribution in [0.3, 0.4) is 0 Å². The van der Waals surface area contributed by atoms with Crippen molar-refractivity contribution in [2.24, 2.45) is 11.8 Å². The van der Waals surface area contributed by atoms with Gasteiger partial charge in [0.05, 0.1) is 0 Å². The molecule has 0 aliphatic rings. The fraction of sp³-hybridized carbons (Fsp3) is 0.440. The van der Waals surface area contributed by atoms with Gasteiger partial charge in [-0.25, -0.2) is 4.79 Å². The van der Waals surface area contributed by atoms with E-state index in [1.807, 2.05) is 63.4 Å². The molecule has 0 aromatic heterocycles. The van der Waals surface area contributed by atoms with Crippen molar-refractivity contribution >= 4 is 23.5 Å². The number of carbonyl (C=O) groups excluding carboxylic acids is 1. The van der Waals surface area contributed by atoms with Crippen LogP contribution in [-0.4, -0.2) is 28.7 Å². The molecule has 5 heteroatoms. The number of rotatable bonds is 9. The summed E-state index contributed by atoms with van der Waals surface area (Å²) in [4.78, 5) is 25.4. The lowest BCUT2D eigenvalue weighted by atomic mass is 9.84. The summed E-state index contributed by atoms with van der Waals surface area (Å²) in [5, 5.41) is 9.34. The van der Waals surface area contributed by atoms with Gasteiger partial charge in [0.25, 0.3) is 0 Å². The first-order chi connectivity index (χ1) is 14.0. The van der Waals surface area contributed by atoms with Crippen LogP contribution in [0, 0.1) is 25.7 Å². The van der Waals surface area contributed by atoms with E-state index in [2.05, 4.69) is 6.92 Å². The summed E-state index contributed by atoms with van der Waals surface area (Å²) in [6, 6.07) is 11.8. The van der Waals surface area contributed by atoms with Crippen LogP contribution in [0.15, 0.2) is 41.3 Å². The van der Waals surface area contributed by atoms with Gasteiger partial charge in [-0.2, -0.15) is 0 Å². The van der Waals surface area contributed by atoms with E-state index in [1.54, 1.807) is 25.6 Å². The zero-order valence-corrected chi connectivity index (χ0v) is 19.7. The Morgan fingerprint density at radius 1 is 1.07 bits per heavy atom. The molecule has 0 aliphatic heterocycles. The Kier molecular flexibility index (Phi) is 7.75. The zero-order chi connectivity index (χ0) is 22.6. The smallest absolute Gasteiger partial charge is 0.347 e. The van der Waals surface area contributed by atoms with E-state index in [1.165, 1.54) is 0 Å². The van der Waals surface area contributed by atoms with Gasteiger partial charge in [0.1, 0.15) is 5.75 Å². The van der Waals surface area contributed by atoms with Gasteiger partial charge < -0.3 is 9.84 Å². The number of hydrogen-bond donors (Lipinski definition) is 1. The Bertz CT molecular complexity index is 892. The minimum atomic E-state index is -1.29. The minimum absolute atomic E-state index is 0.104. The van der Waals surface area contributed by atoms with E-state index in [0.717, 1.165) is 33.6 Å². The summed E-state index contributed by atoms with van der Waals surface area (Å²) in [6.07, 6.45) is 2.78. The van der Waals surface area contributed by atoms with Crippen LogP contribution in [0.5, 0.6) is 5.75 Å². The fourth-order valence-corrected chi connectivity index (χ4v) is 3.85. The van der Waals surface area contributed by atoms with Crippen LogP contribution in [0.4, 0.5) is 0 Å². The highest BCUT2D eigenvalue weighted by atomic mass is 32.2. The number of ether oxygens (including phenoxy) is 1. The van der Waals surface area contributed by atoms with Crippen LogP contribution in [-0.2, 0) is 11.2 Å². The maximum atomic E-state index is 12.9. The average Bonchev–Trinajstić information content (AvgIpc) is 2.69. The number of aryl methyl sites for hydroxylation is 2. The first kappa shape index (κ1) is 24.0. The fourth-order valence-electron chi connectivity index (χ4n) is 3.44. The van der Waals surface area contributed by atoms with E-state index < -0.39 is 11.6 Å². The van der Waals surface area contributed by atoms with Gasteiger partial charge in [-0.15, -0.1) is 11.8 Å². The summed E-state index contributed by atoms with van der Waals surface area (Å²) in [7, 11) is 0. The second-order valence-corrected chi connectivity index (χ2v) is 9.42. The summed E-state index contributed by atoms with van der Waals surface area (Å²) in [6.45, 7) is 11.0. The van der Waals surface area contributed by atoms with Gasteiger partial charge in [-0.1, -0.05) is 38.1 Å². The molecule has 0 saturated carbocycles. The molecule has 0 fully saturated rings. The maximum Gasteiger partial charge on any atom is 0.347 e. The van der Waals surface area contributed by atoms with Crippen molar-refractivity contribution in [2.45, 2.75) is 58.5 Å². The Morgan fingerprint density at radius 2 is 1.60 bits per heavy atom. The number of carbonyl (C=O) groups is 2. The van der Waals surface area contributed by atoms with Crippen LogP contribution in [0.1, 0.15) is 54.7 Å². The lowest BCUT2D eigenvalue weighted by Crippen LogP contribution is -2.38. The maximum absolute atomic E-state index is 12.9. The third kappa shape index (κ3) is 5.66. The molecule has 162 valence electrons. The van der Waals surface area contributed by atoms with Gasteiger partial charge in [-0.3, -0.25) is 4.79 Å². The van der Waals surface area contributed by atoms with Crippen molar-refractivity contribution in [3.8, 4) is 5.75 Å². The lowest BCUT2D eigenvalue weighted by molar-refractivity contribution is -0.152. The molecule has 0 heterocycles. The van der Waals surface area contributed by atoms with Crippen molar-refractivity contribution < 1.29 is 19.4 Å².